The lowest BCUT2D eigenvalue weighted by Crippen LogP contribution is -2.34. The highest BCUT2D eigenvalue weighted by Gasteiger charge is 2.39. The van der Waals surface area contributed by atoms with Gasteiger partial charge in [0.25, 0.3) is 0 Å². The van der Waals surface area contributed by atoms with Crippen molar-refractivity contribution in [2.45, 2.75) is 89.1 Å². The number of likely N-dealkylation sites (tertiary alicyclic amines) is 1. The molecule has 8 heteroatoms. The van der Waals surface area contributed by atoms with E-state index in [2.05, 4.69) is 17.4 Å². The topological polar surface area (TPSA) is 83.9 Å². The Morgan fingerprint density at radius 2 is 2.16 bits per heavy atom. The number of carboxylic acid groups (broad SMARTS) is 1. The van der Waals surface area contributed by atoms with Crippen LogP contribution in [0.2, 0.25) is 0 Å². The van der Waals surface area contributed by atoms with Crippen molar-refractivity contribution in [3.05, 3.63) is 58.5 Å². The fraction of sp³-hybridized carbons (Fsp3) is 0.600. The molecule has 2 fully saturated rings. The van der Waals surface area contributed by atoms with E-state index in [1.165, 1.54) is 17.7 Å². The molecule has 4 heterocycles. The number of nitrogens with zero attached hydrogens (tertiary/aromatic N) is 2. The molecule has 1 aromatic heterocycles. The van der Waals surface area contributed by atoms with Crippen molar-refractivity contribution in [3.8, 4) is 0 Å². The first-order valence-corrected chi connectivity index (χ1v) is 14.1. The van der Waals surface area contributed by atoms with E-state index in [1.807, 2.05) is 18.7 Å². The standard InChI is InChI=1S/C30H40FN3O4/c1-30(2)14-12-26(38-30)24-11-9-21(31)18-25(24)27(29(35)36)34-16-13-23(19-34)37-17-4-3-7-22-10-8-20-6-5-15-32-28(20)33-22/h8-11,18,23,26-27H,3-7,12-17,19H2,1-2H3,(H,32,33)(H,35,36)/t23-,26?,27+/m1/s1. The predicted molar refractivity (Wildman–Crippen MR) is 144 cm³/mol. The number of anilines is 1. The number of rotatable bonds is 10. The second-order valence-electron chi connectivity index (χ2n) is 11.5. The number of halogens is 1. The van der Waals surface area contributed by atoms with Crippen LogP contribution in [0.5, 0.6) is 0 Å². The Morgan fingerprint density at radius 3 is 2.95 bits per heavy atom. The van der Waals surface area contributed by atoms with Crippen LogP contribution in [0.15, 0.2) is 30.3 Å². The average Bonchev–Trinajstić information content (AvgIpc) is 3.49. The minimum atomic E-state index is -0.971. The van der Waals surface area contributed by atoms with Gasteiger partial charge >= 0.3 is 5.97 Å². The Morgan fingerprint density at radius 1 is 1.29 bits per heavy atom. The van der Waals surface area contributed by atoms with Gasteiger partial charge in [0, 0.05) is 31.9 Å². The number of carbonyl (C=O) groups is 1. The monoisotopic (exact) mass is 525 g/mol. The largest absolute Gasteiger partial charge is 0.480 e. The molecule has 0 amide bonds. The smallest absolute Gasteiger partial charge is 0.325 e. The Hall–Kier alpha value is -2.55. The molecule has 1 aromatic carbocycles. The van der Waals surface area contributed by atoms with Crippen molar-refractivity contribution in [2.75, 3.05) is 31.6 Å². The molecule has 0 spiro atoms. The molecule has 3 atom stereocenters. The summed E-state index contributed by atoms with van der Waals surface area (Å²) in [4.78, 5) is 19.1. The number of ether oxygens (including phenoxy) is 2. The number of nitrogens with one attached hydrogen (secondary N) is 1. The number of carboxylic acids is 1. The Balaban J connectivity index is 1.14. The zero-order chi connectivity index (χ0) is 26.7. The number of hydrogen-bond acceptors (Lipinski definition) is 6. The molecule has 2 aromatic rings. The number of aryl methyl sites for hydroxylation is 2. The molecule has 3 aliphatic rings. The molecule has 2 saturated heterocycles. The summed E-state index contributed by atoms with van der Waals surface area (Å²) in [6, 6.07) is 7.87. The van der Waals surface area contributed by atoms with Gasteiger partial charge in [-0.05, 0) is 100 Å². The molecule has 5 rings (SSSR count). The molecule has 3 aliphatic heterocycles. The maximum absolute atomic E-state index is 14.3. The van der Waals surface area contributed by atoms with Crippen molar-refractivity contribution in [1.82, 2.24) is 9.88 Å². The molecule has 7 nitrogen and oxygen atoms in total. The maximum atomic E-state index is 14.3. The highest BCUT2D eigenvalue weighted by Crippen LogP contribution is 2.42. The van der Waals surface area contributed by atoms with Crippen LogP contribution in [0, 0.1) is 5.82 Å². The number of unbranched alkanes of at least 4 members (excludes halogenated alkanes) is 1. The Labute approximate surface area is 224 Å². The summed E-state index contributed by atoms with van der Waals surface area (Å²) in [5.41, 5.74) is 3.41. The van der Waals surface area contributed by atoms with E-state index in [1.54, 1.807) is 6.07 Å². The van der Waals surface area contributed by atoms with Crippen molar-refractivity contribution in [2.24, 2.45) is 0 Å². The van der Waals surface area contributed by atoms with Crippen molar-refractivity contribution >= 4 is 11.8 Å². The lowest BCUT2D eigenvalue weighted by molar-refractivity contribution is -0.143. The third-order valence-corrected chi connectivity index (χ3v) is 8.07. The third-order valence-electron chi connectivity index (χ3n) is 8.07. The number of benzene rings is 1. The lowest BCUT2D eigenvalue weighted by atomic mass is 9.93. The summed E-state index contributed by atoms with van der Waals surface area (Å²) in [6.45, 7) is 6.81. The van der Waals surface area contributed by atoms with Crippen LogP contribution in [0.3, 0.4) is 0 Å². The van der Waals surface area contributed by atoms with Gasteiger partial charge in [-0.25, -0.2) is 9.37 Å². The van der Waals surface area contributed by atoms with Gasteiger partial charge in [-0.1, -0.05) is 12.1 Å². The normalized spacial score (nSPS) is 23.7. The van der Waals surface area contributed by atoms with E-state index in [0.29, 0.717) is 25.3 Å². The van der Waals surface area contributed by atoms with Crippen LogP contribution in [-0.4, -0.2) is 58.9 Å². The molecule has 2 N–H and O–H groups in total. The molecule has 0 aliphatic carbocycles. The predicted octanol–water partition coefficient (Wildman–Crippen LogP) is 5.45. The highest BCUT2D eigenvalue weighted by atomic mass is 19.1. The maximum Gasteiger partial charge on any atom is 0.325 e. The van der Waals surface area contributed by atoms with Crippen LogP contribution in [0.4, 0.5) is 10.2 Å². The Bertz CT molecular complexity index is 1140. The summed E-state index contributed by atoms with van der Waals surface area (Å²) in [5.74, 6) is -0.362. The number of aromatic nitrogens is 1. The van der Waals surface area contributed by atoms with E-state index < -0.39 is 17.8 Å². The fourth-order valence-electron chi connectivity index (χ4n) is 6.05. The molecule has 0 bridgehead atoms. The highest BCUT2D eigenvalue weighted by molar-refractivity contribution is 5.76. The van der Waals surface area contributed by atoms with Gasteiger partial charge < -0.3 is 19.9 Å². The van der Waals surface area contributed by atoms with Crippen LogP contribution in [-0.2, 0) is 27.1 Å². The van der Waals surface area contributed by atoms with E-state index in [4.69, 9.17) is 14.5 Å². The molecule has 0 saturated carbocycles. The van der Waals surface area contributed by atoms with Gasteiger partial charge in [0.2, 0.25) is 0 Å². The van der Waals surface area contributed by atoms with E-state index in [9.17, 15) is 14.3 Å². The summed E-state index contributed by atoms with van der Waals surface area (Å²) in [6.07, 6.45) is 7.27. The minimum Gasteiger partial charge on any atom is -0.480 e. The summed E-state index contributed by atoms with van der Waals surface area (Å²) in [7, 11) is 0. The second kappa shape index (κ2) is 11.7. The number of aliphatic carboxylic acids is 1. The van der Waals surface area contributed by atoms with Gasteiger partial charge in [0.1, 0.15) is 17.7 Å². The van der Waals surface area contributed by atoms with Crippen molar-refractivity contribution in [1.29, 1.82) is 0 Å². The van der Waals surface area contributed by atoms with Crippen molar-refractivity contribution < 1.29 is 23.8 Å². The van der Waals surface area contributed by atoms with Gasteiger partial charge in [-0.2, -0.15) is 0 Å². The zero-order valence-corrected chi connectivity index (χ0v) is 22.5. The average molecular weight is 526 g/mol. The van der Waals surface area contributed by atoms with Crippen LogP contribution < -0.4 is 5.32 Å². The molecule has 1 unspecified atom stereocenters. The molecular formula is C30H40FN3O4. The van der Waals surface area contributed by atoms with Gasteiger partial charge in [-0.15, -0.1) is 0 Å². The second-order valence-corrected chi connectivity index (χ2v) is 11.5. The van der Waals surface area contributed by atoms with E-state index in [0.717, 1.165) is 75.0 Å². The first kappa shape index (κ1) is 27.0. The number of fused-ring (bicyclic) bond motifs is 1. The van der Waals surface area contributed by atoms with Gasteiger partial charge in [0.05, 0.1) is 17.8 Å². The number of hydrogen-bond donors (Lipinski definition) is 2. The number of pyridine rings is 1. The SMILES string of the molecule is CC1(C)CCC(c2ccc(F)cc2[C@@H](C(=O)O)N2CC[C@@H](OCCCCc3ccc4c(n3)NCCC4)C2)O1. The zero-order valence-electron chi connectivity index (χ0n) is 22.5. The minimum absolute atomic E-state index is 0.0263. The molecular weight excluding hydrogens is 485 g/mol. The van der Waals surface area contributed by atoms with Crippen molar-refractivity contribution in [3.63, 3.8) is 0 Å². The van der Waals surface area contributed by atoms with Crippen LogP contribution in [0.1, 0.15) is 86.9 Å². The summed E-state index contributed by atoms with van der Waals surface area (Å²) < 4.78 is 26.7. The first-order valence-electron chi connectivity index (χ1n) is 14.1. The molecule has 0 radical (unpaired) electrons. The van der Waals surface area contributed by atoms with E-state index >= 15 is 0 Å². The lowest BCUT2D eigenvalue weighted by Gasteiger charge is -2.28. The van der Waals surface area contributed by atoms with Crippen LogP contribution in [0.25, 0.3) is 0 Å². The summed E-state index contributed by atoms with van der Waals surface area (Å²) in [5, 5.41) is 13.6. The van der Waals surface area contributed by atoms with Gasteiger partial charge in [-0.3, -0.25) is 9.69 Å². The Kier molecular flexibility index (Phi) is 8.31. The first-order chi connectivity index (χ1) is 18.3. The quantitative estimate of drug-likeness (QED) is 0.399. The van der Waals surface area contributed by atoms with Gasteiger partial charge in [0.15, 0.2) is 0 Å². The molecule has 206 valence electrons. The molecule has 38 heavy (non-hydrogen) atoms. The third kappa shape index (κ3) is 6.35. The van der Waals surface area contributed by atoms with E-state index in [-0.39, 0.29) is 17.8 Å². The fourth-order valence-corrected chi connectivity index (χ4v) is 6.05. The van der Waals surface area contributed by atoms with Crippen LogP contribution >= 0.6 is 0 Å². The summed E-state index contributed by atoms with van der Waals surface area (Å²) >= 11 is 0.